The molecule has 0 aliphatic carbocycles. The monoisotopic (exact) mass is 741 g/mol. The van der Waals surface area contributed by atoms with Gasteiger partial charge in [0.15, 0.2) is 0 Å². The molecule has 0 saturated carbocycles. The van der Waals surface area contributed by atoms with Gasteiger partial charge in [0.25, 0.3) is 0 Å². The third kappa shape index (κ3) is 11.2. The number of aromatic nitrogens is 3. The first-order chi connectivity index (χ1) is 26.7. The maximum atomic E-state index is 5.25. The van der Waals surface area contributed by atoms with E-state index in [4.69, 9.17) is 4.74 Å². The molecule has 54 heavy (non-hydrogen) atoms. The summed E-state index contributed by atoms with van der Waals surface area (Å²) in [6.45, 7) is 7.99. The lowest BCUT2D eigenvalue weighted by Gasteiger charge is -2.15. The van der Waals surface area contributed by atoms with Gasteiger partial charge >= 0.3 is 0 Å². The van der Waals surface area contributed by atoms with Crippen molar-refractivity contribution in [2.24, 2.45) is 15.0 Å². The predicted octanol–water partition coefficient (Wildman–Crippen LogP) is 7.20. The third-order valence-corrected chi connectivity index (χ3v) is 9.95. The van der Waals surface area contributed by atoms with Crippen LogP contribution in [0.25, 0.3) is 10.9 Å². The van der Waals surface area contributed by atoms with Crippen molar-refractivity contribution in [2.45, 2.75) is 38.5 Å². The molecular weight excluding hydrogens is 691 g/mol. The second kappa shape index (κ2) is 20.5. The number of aromatic amines is 2. The highest BCUT2D eigenvalue weighted by Crippen LogP contribution is 2.22. The van der Waals surface area contributed by atoms with E-state index in [2.05, 4.69) is 124 Å². The van der Waals surface area contributed by atoms with Crippen LogP contribution >= 0.6 is 11.3 Å². The molecule has 6 heterocycles. The van der Waals surface area contributed by atoms with Crippen molar-refractivity contribution >= 4 is 39.7 Å². The molecule has 0 saturated heterocycles. The lowest BCUT2D eigenvalue weighted by Crippen LogP contribution is -2.25. The van der Waals surface area contributed by atoms with Crippen molar-refractivity contribution in [3.05, 3.63) is 142 Å². The van der Waals surface area contributed by atoms with Crippen LogP contribution in [0.4, 0.5) is 0 Å². The van der Waals surface area contributed by atoms with E-state index in [9.17, 15) is 0 Å². The van der Waals surface area contributed by atoms with Crippen molar-refractivity contribution in [3.63, 3.8) is 0 Å². The molecule has 0 radical (unpaired) electrons. The Hall–Kier alpha value is -5.68. The van der Waals surface area contributed by atoms with E-state index in [1.165, 1.54) is 33.4 Å². The van der Waals surface area contributed by atoms with Crippen molar-refractivity contribution in [3.8, 4) is 5.75 Å². The number of hydrogen-bond donors (Lipinski definition) is 5. The largest absolute Gasteiger partial charge is 0.496 e. The Bertz CT molecular complexity index is 2070. The summed E-state index contributed by atoms with van der Waals surface area (Å²) in [6.07, 6.45) is 9.42. The van der Waals surface area contributed by atoms with E-state index in [1.54, 1.807) is 24.6 Å². The number of nitrogens with one attached hydrogen (secondary N) is 5. The molecule has 5 N–H and O–H groups in total. The van der Waals surface area contributed by atoms with Crippen LogP contribution in [-0.2, 0) is 19.3 Å². The Morgan fingerprint density at radius 3 is 2.11 bits per heavy atom. The Kier molecular flexibility index (Phi) is 14.5. The summed E-state index contributed by atoms with van der Waals surface area (Å²) in [5.74, 6) is 5.74. The lowest BCUT2D eigenvalue weighted by molar-refractivity contribution is 0.410. The quantitative estimate of drug-likeness (QED) is 0.102. The van der Waals surface area contributed by atoms with Gasteiger partial charge in [-0.15, -0.1) is 0 Å². The van der Waals surface area contributed by atoms with E-state index >= 15 is 0 Å². The fraction of sp³-hybridized carbons (Fsp3) is 0.302. The molecule has 3 aliphatic heterocycles. The van der Waals surface area contributed by atoms with E-state index in [-0.39, 0.29) is 0 Å². The summed E-state index contributed by atoms with van der Waals surface area (Å²) in [6, 6.07) is 29.1. The zero-order valence-electron chi connectivity index (χ0n) is 31.2. The Morgan fingerprint density at radius 1 is 0.722 bits per heavy atom. The standard InChI is InChI=1S/C12H13N3.C12H16N2.C11H12N2O.C8H10N2S/c1-2-4-11-10(3-1)9(8-15-11)7-12-13-5-6-14-12;1-2-11(12-13-8-9-14-12)10-6-4-3-5-7-10;1-14-10-5-3-2-4-9(10)8-11-12-6-7-13-11;1-4-11-6-7(1)5-8-9-2-3-10-8/h1-4,8,15H,5-7H2,(H,13,14);3-7,11H,2,8-9H2,1H3,(H,13,14);2-7H,8H2,1H3,(H,12,13);1,4,6H,2-3,5H2,(H,9,10). The Balaban J connectivity index is 0.000000123. The molecule has 10 nitrogen and oxygen atoms in total. The van der Waals surface area contributed by atoms with E-state index in [0.717, 1.165) is 93.8 Å². The maximum absolute atomic E-state index is 5.25. The van der Waals surface area contributed by atoms with Gasteiger partial charge in [-0.1, -0.05) is 73.7 Å². The Morgan fingerprint density at radius 2 is 1.44 bits per heavy atom. The van der Waals surface area contributed by atoms with Crippen LogP contribution in [-0.4, -0.2) is 78.8 Å². The molecule has 3 aliphatic rings. The van der Waals surface area contributed by atoms with Gasteiger partial charge in [0, 0.05) is 79.9 Å². The fourth-order valence-corrected chi connectivity index (χ4v) is 7.19. The SMILES string of the molecule is CCC(C1=NCCN1)c1ccccc1.COc1ccccc1Cc1ncc[nH]1.c1cc(CC2=NCCN2)cs1.c1ccc2c(CC3=NCCN3)c[nH]c2c1. The number of hydrogen-bond acceptors (Lipinski definition) is 9. The Labute approximate surface area is 322 Å². The van der Waals surface area contributed by atoms with Crippen molar-refractivity contribution in [1.29, 1.82) is 0 Å². The number of thiophene rings is 1. The topological polar surface area (TPSA) is 127 Å². The first-order valence-corrected chi connectivity index (χ1v) is 19.7. The first-order valence-electron chi connectivity index (χ1n) is 18.7. The number of ether oxygens (including phenoxy) is 1. The average Bonchev–Trinajstić information content (AvgIpc) is 4.08. The van der Waals surface area contributed by atoms with Gasteiger partial charge < -0.3 is 30.7 Å². The second-order valence-corrected chi connectivity index (χ2v) is 13.7. The fourth-order valence-electron chi connectivity index (χ4n) is 6.52. The van der Waals surface area contributed by atoms with Crippen LogP contribution < -0.4 is 20.7 Å². The van der Waals surface area contributed by atoms with Crippen LogP contribution in [0.15, 0.2) is 129 Å². The average molecular weight is 742 g/mol. The summed E-state index contributed by atoms with van der Waals surface area (Å²) in [4.78, 5) is 23.7. The van der Waals surface area contributed by atoms with E-state index in [1.807, 2.05) is 36.5 Å². The molecule has 0 bridgehead atoms. The van der Waals surface area contributed by atoms with Gasteiger partial charge in [0.05, 0.1) is 26.7 Å². The summed E-state index contributed by atoms with van der Waals surface area (Å²) in [5, 5.41) is 15.5. The lowest BCUT2D eigenvalue weighted by atomic mass is 9.95. The summed E-state index contributed by atoms with van der Waals surface area (Å²) < 4.78 is 5.25. The number of benzene rings is 3. The van der Waals surface area contributed by atoms with Crippen molar-refractivity contribution in [1.82, 2.24) is 30.9 Å². The van der Waals surface area contributed by atoms with Crippen LogP contribution in [0.2, 0.25) is 0 Å². The van der Waals surface area contributed by atoms with Crippen LogP contribution in [0, 0.1) is 0 Å². The third-order valence-electron chi connectivity index (χ3n) is 9.22. The molecule has 9 rings (SSSR count). The highest BCUT2D eigenvalue weighted by Gasteiger charge is 2.18. The molecular formula is C43H51N9OS. The number of imidazole rings is 1. The van der Waals surface area contributed by atoms with Gasteiger partial charge in [-0.2, -0.15) is 11.3 Å². The van der Waals surface area contributed by atoms with Crippen molar-refractivity contribution < 1.29 is 4.74 Å². The molecule has 1 unspecified atom stereocenters. The van der Waals surface area contributed by atoms with E-state index in [0.29, 0.717) is 5.92 Å². The second-order valence-electron chi connectivity index (χ2n) is 12.9. The van der Waals surface area contributed by atoms with Gasteiger partial charge in [-0.25, -0.2) is 4.98 Å². The number of fused-ring (bicyclic) bond motifs is 1. The minimum absolute atomic E-state index is 0.457. The number of rotatable bonds is 10. The highest BCUT2D eigenvalue weighted by atomic mass is 32.1. The highest BCUT2D eigenvalue weighted by molar-refractivity contribution is 7.08. The molecule has 6 aromatic rings. The van der Waals surface area contributed by atoms with Crippen LogP contribution in [0.5, 0.6) is 5.75 Å². The number of H-pyrrole nitrogens is 2. The molecule has 1 atom stereocenters. The predicted molar refractivity (Wildman–Crippen MR) is 225 cm³/mol. The molecule has 0 spiro atoms. The van der Waals surface area contributed by atoms with Gasteiger partial charge in [0.1, 0.15) is 29.1 Å². The normalized spacial score (nSPS) is 14.7. The van der Waals surface area contributed by atoms with Crippen LogP contribution in [0.3, 0.4) is 0 Å². The molecule has 280 valence electrons. The van der Waals surface area contributed by atoms with Gasteiger partial charge in [-0.3, -0.25) is 15.0 Å². The smallest absolute Gasteiger partial charge is 0.122 e. The minimum Gasteiger partial charge on any atom is -0.496 e. The molecule has 0 amide bonds. The summed E-state index contributed by atoms with van der Waals surface area (Å²) in [5.41, 5.74) is 6.39. The van der Waals surface area contributed by atoms with E-state index < -0.39 is 0 Å². The summed E-state index contributed by atoms with van der Waals surface area (Å²) in [7, 11) is 1.68. The van der Waals surface area contributed by atoms with Gasteiger partial charge in [0.2, 0.25) is 0 Å². The minimum atomic E-state index is 0.457. The molecule has 3 aromatic carbocycles. The van der Waals surface area contributed by atoms with Crippen molar-refractivity contribution in [2.75, 3.05) is 46.4 Å². The zero-order valence-corrected chi connectivity index (χ0v) is 32.0. The molecule has 3 aromatic heterocycles. The first kappa shape index (κ1) is 38.1. The zero-order chi connectivity index (χ0) is 37.2. The number of para-hydroxylation sites is 2. The molecule has 0 fully saturated rings. The summed E-state index contributed by atoms with van der Waals surface area (Å²) >= 11 is 1.74. The van der Waals surface area contributed by atoms with Gasteiger partial charge in [-0.05, 0) is 52.1 Å². The number of aliphatic imine (C=N–C) groups is 3. The number of methoxy groups -OCH3 is 1. The van der Waals surface area contributed by atoms with Crippen LogP contribution in [0.1, 0.15) is 47.3 Å². The maximum Gasteiger partial charge on any atom is 0.122 e. The number of nitrogens with zero attached hydrogens (tertiary/aromatic N) is 4. The number of amidine groups is 3. The molecule has 11 heteroatoms.